The Kier molecular flexibility index (Phi) is 9.99. The highest BCUT2D eigenvalue weighted by Crippen LogP contribution is 2.78. The van der Waals surface area contributed by atoms with Crippen molar-refractivity contribution in [2.75, 3.05) is 20.8 Å². The molecule has 0 aliphatic heterocycles. The van der Waals surface area contributed by atoms with E-state index in [0.717, 1.165) is 58.7 Å². The summed E-state index contributed by atoms with van der Waals surface area (Å²) in [4.78, 5) is 31.9. The van der Waals surface area contributed by atoms with Gasteiger partial charge in [-0.15, -0.1) is 0 Å². The van der Waals surface area contributed by atoms with Gasteiger partial charge in [-0.3, -0.25) is 4.79 Å². The summed E-state index contributed by atoms with van der Waals surface area (Å²) < 4.78 is 17.5. The van der Waals surface area contributed by atoms with Gasteiger partial charge < -0.3 is 29.3 Å². The number of methoxy groups -OCH3 is 2. The third kappa shape index (κ3) is 6.30. The van der Waals surface area contributed by atoms with Gasteiger partial charge in [-0.2, -0.15) is 0 Å². The zero-order chi connectivity index (χ0) is 43.8. The number of carbonyl (C=O) groups excluding carboxylic acids is 2. The monoisotopic (exact) mass is 843 g/mol. The molecule has 5 aromatic rings. The summed E-state index contributed by atoms with van der Waals surface area (Å²) in [6.45, 7) is 4.74. The molecule has 3 fully saturated rings. The molecule has 8 nitrogen and oxygen atoms in total. The normalized spacial score (nSPS) is 31.3. The van der Waals surface area contributed by atoms with Gasteiger partial charge in [-0.25, -0.2) is 4.79 Å². The highest BCUT2D eigenvalue weighted by atomic mass is 16.6. The molecule has 63 heavy (non-hydrogen) atoms. The Hall–Kier alpha value is -5.70. The van der Waals surface area contributed by atoms with Crippen LogP contribution < -0.4 is 14.2 Å². The zero-order valence-electron chi connectivity index (χ0n) is 36.7. The van der Waals surface area contributed by atoms with Gasteiger partial charge in [0.15, 0.2) is 5.78 Å². The van der Waals surface area contributed by atoms with E-state index < -0.39 is 34.0 Å². The summed E-state index contributed by atoms with van der Waals surface area (Å²) in [5, 5.41) is 26.7. The minimum absolute atomic E-state index is 0.0113. The van der Waals surface area contributed by atoms with Gasteiger partial charge in [0, 0.05) is 39.0 Å². The van der Waals surface area contributed by atoms with Crippen LogP contribution in [0.4, 0.5) is 4.79 Å². The molecule has 8 heteroatoms. The Balaban J connectivity index is 1.05. The maximum Gasteiger partial charge on any atom is 0.415 e. The molecule has 11 rings (SSSR count). The lowest BCUT2D eigenvalue weighted by Crippen LogP contribution is -2.67. The van der Waals surface area contributed by atoms with E-state index in [0.29, 0.717) is 42.1 Å². The molecule has 2 spiro atoms. The van der Waals surface area contributed by atoms with E-state index in [1.54, 1.807) is 31.3 Å². The minimum Gasteiger partial charge on any atom is -0.497 e. The fourth-order valence-electron chi connectivity index (χ4n) is 13.4. The first-order valence-corrected chi connectivity index (χ1v) is 22.6. The van der Waals surface area contributed by atoms with Crippen molar-refractivity contribution in [2.45, 2.75) is 77.0 Å². The number of hydrogen-bond donors (Lipinski definition) is 2. The van der Waals surface area contributed by atoms with E-state index in [2.05, 4.69) is 44.2 Å². The molecule has 3 saturated carbocycles. The zero-order valence-corrected chi connectivity index (χ0v) is 36.7. The van der Waals surface area contributed by atoms with E-state index in [1.807, 2.05) is 91.0 Å². The Morgan fingerprint density at radius 2 is 1.43 bits per heavy atom. The topological polar surface area (TPSA) is 106 Å². The van der Waals surface area contributed by atoms with E-state index in [9.17, 15) is 15.0 Å². The van der Waals surface area contributed by atoms with Gasteiger partial charge in [0.2, 0.25) is 0 Å². The molecule has 324 valence electrons. The summed E-state index contributed by atoms with van der Waals surface area (Å²) in [6, 6.07) is 37.1. The van der Waals surface area contributed by atoms with Crippen LogP contribution in [0.2, 0.25) is 0 Å². The highest BCUT2D eigenvalue weighted by Gasteiger charge is 2.74. The first-order chi connectivity index (χ1) is 30.4. The first kappa shape index (κ1) is 41.3. The number of rotatable bonds is 10. The fraction of sp³-hybridized carbons (Fsp3) is 0.382. The standard InChI is InChI=1S/C55H57NO7/c1-51-25-22-40(57)32-53(51)28-29-55(45(33-53)49(58)44-17-11-10-16-43(44)37-13-6-5-7-14-37)47(51)23-26-52(2)48(55)24-27-54(52,60)35-56(34-39-19-20-41(61-3)31-46(39)62-4)50(59)63-42-21-18-36-12-8-9-15-38(36)30-42/h5-21,28-31,33,40,47-48,57,60H,22-27,32,34-35H2,1-4H3. The number of hydrogen-bond acceptors (Lipinski definition) is 7. The lowest BCUT2D eigenvalue weighted by molar-refractivity contribution is -0.175. The number of ether oxygens (including phenoxy) is 3. The molecule has 1 amide bonds. The number of benzene rings is 5. The second-order valence-electron chi connectivity index (χ2n) is 19.5. The van der Waals surface area contributed by atoms with Gasteiger partial charge in [0.25, 0.3) is 0 Å². The van der Waals surface area contributed by atoms with Crippen molar-refractivity contribution >= 4 is 22.6 Å². The fourth-order valence-corrected chi connectivity index (χ4v) is 13.4. The minimum atomic E-state index is -1.33. The number of carbonyl (C=O) groups is 2. The molecular weight excluding hydrogens is 787 g/mol. The van der Waals surface area contributed by atoms with Crippen molar-refractivity contribution in [3.05, 3.63) is 150 Å². The van der Waals surface area contributed by atoms with Gasteiger partial charge >= 0.3 is 6.09 Å². The van der Waals surface area contributed by atoms with Crippen LogP contribution in [0.15, 0.2) is 139 Å². The molecule has 0 heterocycles. The number of allylic oxidation sites excluding steroid dienone is 4. The Morgan fingerprint density at radius 1 is 0.730 bits per heavy atom. The number of amides is 1. The number of ketones is 1. The van der Waals surface area contributed by atoms with Crippen LogP contribution in [0, 0.1) is 33.5 Å². The maximum atomic E-state index is 15.7. The van der Waals surface area contributed by atoms with Crippen LogP contribution in [0.3, 0.4) is 0 Å². The number of fused-ring (bicyclic) bond motifs is 2. The van der Waals surface area contributed by atoms with Crippen LogP contribution in [-0.4, -0.2) is 59.5 Å². The largest absolute Gasteiger partial charge is 0.497 e. The van der Waals surface area contributed by atoms with Crippen molar-refractivity contribution in [2.24, 2.45) is 33.5 Å². The summed E-state index contributed by atoms with van der Waals surface area (Å²) in [7, 11) is 3.20. The number of Topliss-reactive ketones (excluding diaryl/α,β-unsaturated/α-hetero) is 1. The van der Waals surface area contributed by atoms with Gasteiger partial charge in [0.05, 0.1) is 39.0 Å². The third-order valence-corrected chi connectivity index (χ3v) is 16.7. The Morgan fingerprint density at radius 3 is 2.22 bits per heavy atom. The predicted molar refractivity (Wildman–Crippen MR) is 245 cm³/mol. The summed E-state index contributed by atoms with van der Waals surface area (Å²) in [6.07, 6.45) is 10.7. The number of aliphatic hydroxyl groups excluding tert-OH is 1. The molecule has 8 atom stereocenters. The molecule has 0 aromatic heterocycles. The molecule has 8 unspecified atom stereocenters. The summed E-state index contributed by atoms with van der Waals surface area (Å²) in [5.41, 5.74) is 0.721. The van der Waals surface area contributed by atoms with Crippen molar-refractivity contribution in [3.63, 3.8) is 0 Å². The lowest BCUT2D eigenvalue weighted by Gasteiger charge is -2.71. The Bertz CT molecular complexity index is 2670. The molecule has 6 aliphatic rings. The van der Waals surface area contributed by atoms with Crippen LogP contribution in [0.1, 0.15) is 74.7 Å². The van der Waals surface area contributed by atoms with E-state index in [-0.39, 0.29) is 36.1 Å². The SMILES string of the molecule is COc1ccc(CN(CC2(O)CCC3C45C=CC6(C=C4C(=O)c4ccccc4-c4ccccc4)CC(O)CCC6(C)C5CCC32C)C(=O)Oc2ccc3ccccc3c2)c(OC)c1. The maximum absolute atomic E-state index is 15.7. The number of aliphatic hydroxyl groups is 2. The second kappa shape index (κ2) is 15.2. The molecule has 6 aliphatic carbocycles. The second-order valence-corrected chi connectivity index (χ2v) is 19.5. The molecule has 2 bridgehead atoms. The lowest BCUT2D eigenvalue weighted by atomic mass is 9.32. The highest BCUT2D eigenvalue weighted by molar-refractivity contribution is 6.14. The smallest absolute Gasteiger partial charge is 0.415 e. The van der Waals surface area contributed by atoms with Gasteiger partial charge in [-0.1, -0.05) is 117 Å². The average Bonchev–Trinajstić information content (AvgIpc) is 3.58. The van der Waals surface area contributed by atoms with Crippen molar-refractivity contribution < 1.29 is 34.0 Å². The predicted octanol–water partition coefficient (Wildman–Crippen LogP) is 11.0. The van der Waals surface area contributed by atoms with E-state index >= 15 is 4.79 Å². The molecule has 2 N–H and O–H groups in total. The number of nitrogens with zero attached hydrogens (tertiary/aromatic N) is 1. The van der Waals surface area contributed by atoms with Crippen LogP contribution >= 0.6 is 0 Å². The van der Waals surface area contributed by atoms with E-state index in [4.69, 9.17) is 14.2 Å². The van der Waals surface area contributed by atoms with Gasteiger partial charge in [-0.05, 0) is 108 Å². The summed E-state index contributed by atoms with van der Waals surface area (Å²) in [5.74, 6) is 1.63. The first-order valence-electron chi connectivity index (χ1n) is 22.6. The van der Waals surface area contributed by atoms with Gasteiger partial charge in [0.1, 0.15) is 17.2 Å². The van der Waals surface area contributed by atoms with Crippen LogP contribution in [0.25, 0.3) is 21.9 Å². The molecule has 5 aromatic carbocycles. The molecule has 0 saturated heterocycles. The third-order valence-electron chi connectivity index (χ3n) is 16.7. The molecular formula is C55H57NO7. The quantitative estimate of drug-likeness (QED) is 0.107. The van der Waals surface area contributed by atoms with Crippen molar-refractivity contribution in [3.8, 4) is 28.4 Å². The van der Waals surface area contributed by atoms with E-state index in [1.165, 1.54) is 0 Å². The summed E-state index contributed by atoms with van der Waals surface area (Å²) >= 11 is 0. The molecule has 0 radical (unpaired) electrons. The van der Waals surface area contributed by atoms with Crippen molar-refractivity contribution in [1.82, 2.24) is 4.90 Å². The average molecular weight is 844 g/mol. The van der Waals surface area contributed by atoms with Crippen molar-refractivity contribution in [1.29, 1.82) is 0 Å². The van der Waals surface area contributed by atoms with Crippen LogP contribution in [0.5, 0.6) is 17.2 Å². The van der Waals surface area contributed by atoms with Crippen LogP contribution in [-0.2, 0) is 6.54 Å². The Labute approximate surface area is 370 Å².